The molecule has 0 bridgehead atoms. The monoisotopic (exact) mass is 328 g/mol. The van der Waals surface area contributed by atoms with Gasteiger partial charge in [-0.3, -0.25) is 4.98 Å². The first-order valence-corrected chi connectivity index (χ1v) is 8.26. The van der Waals surface area contributed by atoms with E-state index in [0.717, 1.165) is 35.6 Å². The average molecular weight is 328 g/mol. The van der Waals surface area contributed by atoms with Gasteiger partial charge >= 0.3 is 0 Å². The van der Waals surface area contributed by atoms with Crippen LogP contribution in [0.25, 0.3) is 11.1 Å². The largest absolute Gasteiger partial charge is 0.473 e. The second-order valence-electron chi connectivity index (χ2n) is 6.22. The summed E-state index contributed by atoms with van der Waals surface area (Å²) in [7, 11) is 0. The molecule has 3 rings (SSSR count). The fourth-order valence-corrected chi connectivity index (χ4v) is 2.77. The number of nitrogens with two attached hydrogens (primary N) is 1. The molecule has 0 aromatic carbocycles. The van der Waals surface area contributed by atoms with E-state index in [2.05, 4.69) is 20.9 Å². The smallest absolute Gasteiger partial charge is 0.237 e. The summed E-state index contributed by atoms with van der Waals surface area (Å²) in [5.41, 5.74) is 10.5. The Morgan fingerprint density at radius 2 is 1.92 bits per heavy atom. The van der Waals surface area contributed by atoms with Crippen LogP contribution in [-0.4, -0.2) is 42.4 Å². The van der Waals surface area contributed by atoms with Gasteiger partial charge in [0.2, 0.25) is 5.88 Å². The summed E-state index contributed by atoms with van der Waals surface area (Å²) in [4.78, 5) is 11.2. The molecular weight excluding hydrogens is 304 g/mol. The molecular formula is C18H24N4O2. The first-order chi connectivity index (χ1) is 11.5. The number of rotatable bonds is 4. The molecule has 0 unspecified atom stereocenters. The fraction of sp³-hybridized carbons (Fsp3) is 0.444. The summed E-state index contributed by atoms with van der Waals surface area (Å²) >= 11 is 0. The lowest BCUT2D eigenvalue weighted by Crippen LogP contribution is -2.36. The Kier molecular flexibility index (Phi) is 4.85. The summed E-state index contributed by atoms with van der Waals surface area (Å²) in [6, 6.07) is 4.05. The molecule has 3 heterocycles. The number of anilines is 2. The molecule has 6 heteroatoms. The van der Waals surface area contributed by atoms with Gasteiger partial charge < -0.3 is 20.1 Å². The standard InChI is InChI=1S/C18H24N4O2/c1-12(2)24-18-17(22-4-6-23-7-5-22)8-14(10-21-18)16-9-15(19)11-20-13(16)3/h8-12H,4-7,19H2,1-3H3. The van der Waals surface area contributed by atoms with Crippen molar-refractivity contribution in [3.8, 4) is 17.0 Å². The molecule has 0 radical (unpaired) electrons. The molecule has 2 aromatic rings. The van der Waals surface area contributed by atoms with Crippen molar-refractivity contribution in [2.24, 2.45) is 0 Å². The maximum absolute atomic E-state index is 5.91. The highest BCUT2D eigenvalue weighted by Gasteiger charge is 2.19. The Bertz CT molecular complexity index is 712. The van der Waals surface area contributed by atoms with Crippen molar-refractivity contribution < 1.29 is 9.47 Å². The van der Waals surface area contributed by atoms with Gasteiger partial charge in [0.05, 0.1) is 31.2 Å². The van der Waals surface area contributed by atoms with E-state index in [1.807, 2.05) is 33.0 Å². The highest BCUT2D eigenvalue weighted by atomic mass is 16.5. The average Bonchev–Trinajstić information content (AvgIpc) is 2.58. The van der Waals surface area contributed by atoms with Crippen LogP contribution in [-0.2, 0) is 4.74 Å². The Morgan fingerprint density at radius 1 is 1.17 bits per heavy atom. The number of ether oxygens (including phenoxy) is 2. The van der Waals surface area contributed by atoms with Crippen LogP contribution in [0.15, 0.2) is 24.5 Å². The number of morpholine rings is 1. The van der Waals surface area contributed by atoms with Crippen molar-refractivity contribution in [2.75, 3.05) is 36.9 Å². The van der Waals surface area contributed by atoms with Crippen LogP contribution in [0, 0.1) is 6.92 Å². The van der Waals surface area contributed by atoms with Crippen LogP contribution in [0.4, 0.5) is 11.4 Å². The fourth-order valence-electron chi connectivity index (χ4n) is 2.77. The van der Waals surface area contributed by atoms with Gasteiger partial charge in [-0.15, -0.1) is 0 Å². The lowest BCUT2D eigenvalue weighted by Gasteiger charge is -2.30. The van der Waals surface area contributed by atoms with Crippen molar-refractivity contribution in [2.45, 2.75) is 26.9 Å². The van der Waals surface area contributed by atoms with Crippen LogP contribution in [0.3, 0.4) is 0 Å². The van der Waals surface area contributed by atoms with E-state index in [9.17, 15) is 0 Å². The normalized spacial score (nSPS) is 14.9. The number of aryl methyl sites for hydroxylation is 1. The predicted octanol–water partition coefficient (Wildman–Crippen LogP) is 2.66. The molecule has 0 aliphatic carbocycles. The van der Waals surface area contributed by atoms with Gasteiger partial charge in [-0.2, -0.15) is 0 Å². The van der Waals surface area contributed by atoms with Crippen molar-refractivity contribution in [1.82, 2.24) is 9.97 Å². The summed E-state index contributed by atoms with van der Waals surface area (Å²) < 4.78 is 11.4. The molecule has 0 amide bonds. The second kappa shape index (κ2) is 7.05. The molecule has 24 heavy (non-hydrogen) atoms. The number of nitrogens with zero attached hydrogens (tertiary/aromatic N) is 3. The summed E-state index contributed by atoms with van der Waals surface area (Å²) in [5, 5.41) is 0. The first kappa shape index (κ1) is 16.5. The first-order valence-electron chi connectivity index (χ1n) is 8.26. The number of hydrogen-bond acceptors (Lipinski definition) is 6. The van der Waals surface area contributed by atoms with Crippen molar-refractivity contribution in [3.63, 3.8) is 0 Å². The Hall–Kier alpha value is -2.34. The maximum atomic E-state index is 5.91. The van der Waals surface area contributed by atoms with E-state index in [1.165, 1.54) is 0 Å². The minimum atomic E-state index is 0.0684. The minimum absolute atomic E-state index is 0.0684. The summed E-state index contributed by atoms with van der Waals surface area (Å²) in [5.74, 6) is 0.658. The number of nitrogen functional groups attached to an aromatic ring is 1. The predicted molar refractivity (Wildman–Crippen MR) is 95.4 cm³/mol. The topological polar surface area (TPSA) is 73.5 Å². The SMILES string of the molecule is Cc1ncc(N)cc1-c1cnc(OC(C)C)c(N2CCOCC2)c1. The van der Waals surface area contributed by atoms with Gasteiger partial charge in [0.15, 0.2) is 0 Å². The zero-order valence-electron chi connectivity index (χ0n) is 14.5. The maximum Gasteiger partial charge on any atom is 0.237 e. The lowest BCUT2D eigenvalue weighted by molar-refractivity contribution is 0.122. The van der Waals surface area contributed by atoms with E-state index >= 15 is 0 Å². The van der Waals surface area contributed by atoms with Crippen LogP contribution in [0.2, 0.25) is 0 Å². The van der Waals surface area contributed by atoms with Crippen LogP contribution in [0.1, 0.15) is 19.5 Å². The Labute approximate surface area is 142 Å². The quantitative estimate of drug-likeness (QED) is 0.930. The molecule has 1 fully saturated rings. The molecule has 0 saturated carbocycles. The third-order valence-electron chi connectivity index (χ3n) is 3.95. The number of aromatic nitrogens is 2. The zero-order chi connectivity index (χ0) is 17.1. The summed E-state index contributed by atoms with van der Waals surface area (Å²) in [6.07, 6.45) is 3.56. The lowest BCUT2D eigenvalue weighted by atomic mass is 10.1. The molecule has 0 atom stereocenters. The van der Waals surface area contributed by atoms with E-state index in [-0.39, 0.29) is 6.10 Å². The highest BCUT2D eigenvalue weighted by Crippen LogP contribution is 2.33. The van der Waals surface area contributed by atoms with Crippen molar-refractivity contribution in [3.05, 3.63) is 30.2 Å². The molecule has 6 nitrogen and oxygen atoms in total. The molecule has 2 N–H and O–H groups in total. The molecule has 128 valence electrons. The van der Waals surface area contributed by atoms with Crippen LogP contribution >= 0.6 is 0 Å². The van der Waals surface area contributed by atoms with Gasteiger partial charge in [-0.05, 0) is 32.9 Å². The van der Waals surface area contributed by atoms with Gasteiger partial charge in [-0.1, -0.05) is 0 Å². The number of pyridine rings is 2. The highest BCUT2D eigenvalue weighted by molar-refractivity contribution is 5.73. The van der Waals surface area contributed by atoms with Crippen LogP contribution in [0.5, 0.6) is 5.88 Å². The second-order valence-corrected chi connectivity index (χ2v) is 6.22. The molecule has 0 spiro atoms. The van der Waals surface area contributed by atoms with Crippen molar-refractivity contribution >= 4 is 11.4 Å². The molecule has 1 saturated heterocycles. The number of hydrogen-bond donors (Lipinski definition) is 1. The van der Waals surface area contributed by atoms with E-state index in [0.29, 0.717) is 24.8 Å². The van der Waals surface area contributed by atoms with E-state index < -0.39 is 0 Å². The van der Waals surface area contributed by atoms with Gasteiger partial charge in [0, 0.05) is 36.1 Å². The van der Waals surface area contributed by atoms with Crippen LogP contribution < -0.4 is 15.4 Å². The third-order valence-corrected chi connectivity index (χ3v) is 3.95. The zero-order valence-corrected chi connectivity index (χ0v) is 14.5. The van der Waals surface area contributed by atoms with Crippen molar-refractivity contribution in [1.29, 1.82) is 0 Å². The molecule has 1 aliphatic rings. The van der Waals surface area contributed by atoms with Gasteiger partial charge in [0.1, 0.15) is 5.69 Å². The van der Waals surface area contributed by atoms with Gasteiger partial charge in [0.25, 0.3) is 0 Å². The molecule has 1 aliphatic heterocycles. The van der Waals surface area contributed by atoms with E-state index in [4.69, 9.17) is 15.2 Å². The third kappa shape index (κ3) is 3.59. The molecule has 2 aromatic heterocycles. The Morgan fingerprint density at radius 3 is 2.62 bits per heavy atom. The summed E-state index contributed by atoms with van der Waals surface area (Å²) in [6.45, 7) is 9.06. The van der Waals surface area contributed by atoms with Gasteiger partial charge in [-0.25, -0.2) is 4.98 Å². The minimum Gasteiger partial charge on any atom is -0.473 e. The Balaban J connectivity index is 2.04. The van der Waals surface area contributed by atoms with E-state index in [1.54, 1.807) is 6.20 Å².